The molecule has 1 saturated heterocycles. The van der Waals surface area contributed by atoms with Gasteiger partial charge in [-0.25, -0.2) is 4.79 Å². The van der Waals surface area contributed by atoms with Gasteiger partial charge in [0.15, 0.2) is 0 Å². The Morgan fingerprint density at radius 3 is 2.67 bits per heavy atom. The highest BCUT2D eigenvalue weighted by Gasteiger charge is 2.30. The van der Waals surface area contributed by atoms with Crippen molar-refractivity contribution in [2.24, 2.45) is 0 Å². The van der Waals surface area contributed by atoms with Crippen molar-refractivity contribution in [2.45, 2.75) is 26.0 Å². The Bertz CT molecular complexity index is 470. The third kappa shape index (κ3) is 2.39. The maximum absolute atomic E-state index is 12.3. The van der Waals surface area contributed by atoms with Crippen LogP contribution in [0.4, 0.5) is 0 Å². The van der Waals surface area contributed by atoms with Crippen molar-refractivity contribution in [3.8, 4) is 0 Å². The molecule has 0 aliphatic carbocycles. The van der Waals surface area contributed by atoms with Crippen LogP contribution in [0.2, 0.25) is 0 Å². The Morgan fingerprint density at radius 2 is 2.06 bits per heavy atom. The van der Waals surface area contributed by atoms with Gasteiger partial charge in [-0.15, -0.1) is 11.3 Å². The second-order valence-electron chi connectivity index (χ2n) is 4.28. The van der Waals surface area contributed by atoms with Crippen molar-refractivity contribution in [3.63, 3.8) is 0 Å². The first kappa shape index (κ1) is 13.0. The monoisotopic (exact) mass is 269 g/mol. The fourth-order valence-electron chi connectivity index (χ4n) is 1.93. The summed E-state index contributed by atoms with van der Waals surface area (Å²) in [6.07, 6.45) is 0.00149. The molecule has 1 aromatic rings. The van der Waals surface area contributed by atoms with Gasteiger partial charge in [0.2, 0.25) is 0 Å². The largest absolute Gasteiger partial charge is 0.477 e. The number of aromatic carboxylic acids is 1. The first-order valence-electron chi connectivity index (χ1n) is 5.76. The van der Waals surface area contributed by atoms with Crippen molar-refractivity contribution in [1.29, 1.82) is 0 Å². The molecule has 0 saturated carbocycles. The molecule has 0 bridgehead atoms. The van der Waals surface area contributed by atoms with E-state index in [0.717, 1.165) is 11.3 Å². The van der Waals surface area contributed by atoms with Crippen LogP contribution in [0.5, 0.6) is 0 Å². The molecular formula is C12H15NO4S. The van der Waals surface area contributed by atoms with Crippen LogP contribution in [0.15, 0.2) is 12.1 Å². The second-order valence-corrected chi connectivity index (χ2v) is 5.37. The zero-order valence-corrected chi connectivity index (χ0v) is 11.1. The number of carbonyl (C=O) groups excluding carboxylic acids is 1. The van der Waals surface area contributed by atoms with Crippen LogP contribution in [0.1, 0.15) is 33.2 Å². The number of thiophene rings is 1. The van der Waals surface area contributed by atoms with E-state index in [2.05, 4.69) is 0 Å². The molecule has 2 unspecified atom stereocenters. The number of morpholine rings is 1. The zero-order chi connectivity index (χ0) is 13.3. The van der Waals surface area contributed by atoms with Gasteiger partial charge >= 0.3 is 5.97 Å². The summed E-state index contributed by atoms with van der Waals surface area (Å²) in [6.45, 7) is 4.94. The number of hydrogen-bond acceptors (Lipinski definition) is 4. The average molecular weight is 269 g/mol. The lowest BCUT2D eigenvalue weighted by Crippen LogP contribution is -2.51. The van der Waals surface area contributed by atoms with Crippen LogP contribution in [-0.2, 0) is 4.74 Å². The zero-order valence-electron chi connectivity index (χ0n) is 10.3. The van der Waals surface area contributed by atoms with Crippen LogP contribution in [0, 0.1) is 0 Å². The van der Waals surface area contributed by atoms with E-state index in [4.69, 9.17) is 9.84 Å². The van der Waals surface area contributed by atoms with E-state index in [1.54, 1.807) is 11.0 Å². The molecule has 0 radical (unpaired) electrons. The van der Waals surface area contributed by atoms with E-state index in [1.165, 1.54) is 6.07 Å². The Balaban J connectivity index is 2.17. The summed E-state index contributed by atoms with van der Waals surface area (Å²) in [6, 6.07) is 3.04. The Morgan fingerprint density at radius 1 is 1.39 bits per heavy atom. The SMILES string of the molecule is CC1OCCN(C(=O)c2ccc(C(=O)O)s2)C1C. The number of carbonyl (C=O) groups is 2. The first-order chi connectivity index (χ1) is 8.50. The van der Waals surface area contributed by atoms with E-state index in [1.807, 2.05) is 13.8 Å². The minimum atomic E-state index is -0.998. The molecule has 1 aromatic heterocycles. The molecule has 1 N–H and O–H groups in total. The average Bonchev–Trinajstić information content (AvgIpc) is 2.81. The summed E-state index contributed by atoms with van der Waals surface area (Å²) in [5.74, 6) is -1.11. The van der Waals surface area contributed by atoms with E-state index < -0.39 is 5.97 Å². The fraction of sp³-hybridized carbons (Fsp3) is 0.500. The van der Waals surface area contributed by atoms with E-state index in [0.29, 0.717) is 18.0 Å². The normalized spacial score (nSPS) is 24.0. The minimum Gasteiger partial charge on any atom is -0.477 e. The molecule has 2 heterocycles. The second kappa shape index (κ2) is 5.07. The molecule has 1 aliphatic heterocycles. The number of hydrogen-bond donors (Lipinski definition) is 1. The topological polar surface area (TPSA) is 66.8 Å². The quantitative estimate of drug-likeness (QED) is 0.887. The Hall–Kier alpha value is -1.40. The minimum absolute atomic E-state index is 0.00149. The molecule has 2 atom stereocenters. The van der Waals surface area contributed by atoms with Gasteiger partial charge in [0.05, 0.1) is 23.6 Å². The highest BCUT2D eigenvalue weighted by atomic mass is 32.1. The number of rotatable bonds is 2. The van der Waals surface area contributed by atoms with Crippen LogP contribution in [-0.4, -0.2) is 47.2 Å². The first-order valence-corrected chi connectivity index (χ1v) is 6.58. The van der Waals surface area contributed by atoms with Crippen molar-refractivity contribution in [3.05, 3.63) is 21.9 Å². The lowest BCUT2D eigenvalue weighted by atomic mass is 10.1. The smallest absolute Gasteiger partial charge is 0.345 e. The number of carboxylic acid groups (broad SMARTS) is 1. The summed E-state index contributed by atoms with van der Waals surface area (Å²) in [4.78, 5) is 25.5. The molecule has 1 fully saturated rings. The van der Waals surface area contributed by atoms with Gasteiger partial charge in [-0.1, -0.05) is 0 Å². The molecule has 1 aliphatic rings. The predicted molar refractivity (Wildman–Crippen MR) is 67.2 cm³/mol. The van der Waals surface area contributed by atoms with Crippen molar-refractivity contribution < 1.29 is 19.4 Å². The summed E-state index contributed by atoms with van der Waals surface area (Å²) in [5, 5.41) is 8.85. The maximum Gasteiger partial charge on any atom is 0.345 e. The summed E-state index contributed by atoms with van der Waals surface area (Å²) >= 11 is 1.01. The lowest BCUT2D eigenvalue weighted by Gasteiger charge is -2.37. The van der Waals surface area contributed by atoms with Crippen molar-refractivity contribution in [1.82, 2.24) is 4.90 Å². The van der Waals surface area contributed by atoms with Gasteiger partial charge in [0.25, 0.3) is 5.91 Å². The Kier molecular flexibility index (Phi) is 3.68. The van der Waals surface area contributed by atoms with E-state index in [-0.39, 0.29) is 22.9 Å². The van der Waals surface area contributed by atoms with Gasteiger partial charge in [-0.2, -0.15) is 0 Å². The van der Waals surface area contributed by atoms with Crippen LogP contribution in [0.3, 0.4) is 0 Å². The number of carboxylic acids is 1. The summed E-state index contributed by atoms with van der Waals surface area (Å²) in [7, 11) is 0. The molecule has 18 heavy (non-hydrogen) atoms. The van der Waals surface area contributed by atoms with E-state index in [9.17, 15) is 9.59 Å². The van der Waals surface area contributed by atoms with Gasteiger partial charge in [-0.3, -0.25) is 4.79 Å². The van der Waals surface area contributed by atoms with E-state index >= 15 is 0 Å². The van der Waals surface area contributed by atoms with Crippen LogP contribution in [0.25, 0.3) is 0 Å². The van der Waals surface area contributed by atoms with Gasteiger partial charge < -0.3 is 14.7 Å². The Labute approximate surface area is 109 Å². The van der Waals surface area contributed by atoms with Crippen LogP contribution >= 0.6 is 11.3 Å². The highest BCUT2D eigenvalue weighted by molar-refractivity contribution is 7.15. The molecule has 1 amide bonds. The third-order valence-electron chi connectivity index (χ3n) is 3.17. The summed E-state index contributed by atoms with van der Waals surface area (Å²) < 4.78 is 5.47. The van der Waals surface area contributed by atoms with Gasteiger partial charge in [-0.05, 0) is 26.0 Å². The highest BCUT2D eigenvalue weighted by Crippen LogP contribution is 2.22. The third-order valence-corrected chi connectivity index (χ3v) is 4.23. The maximum atomic E-state index is 12.3. The van der Waals surface area contributed by atoms with Crippen molar-refractivity contribution in [2.75, 3.05) is 13.2 Å². The lowest BCUT2D eigenvalue weighted by molar-refractivity contribution is -0.0438. The molecule has 5 nitrogen and oxygen atoms in total. The van der Waals surface area contributed by atoms with Gasteiger partial charge in [0.1, 0.15) is 4.88 Å². The molecule has 2 rings (SSSR count). The molecule has 0 aromatic carbocycles. The summed E-state index contributed by atoms with van der Waals surface area (Å²) in [5.41, 5.74) is 0. The standard InChI is InChI=1S/C12H15NO4S/c1-7-8(2)17-6-5-13(7)11(14)9-3-4-10(18-9)12(15)16/h3-4,7-8H,5-6H2,1-2H3,(H,15,16). The number of ether oxygens (including phenoxy) is 1. The fourth-order valence-corrected chi connectivity index (χ4v) is 2.73. The molecule has 0 spiro atoms. The molecule has 6 heteroatoms. The molecular weight excluding hydrogens is 254 g/mol. The molecule has 98 valence electrons. The van der Waals surface area contributed by atoms with Crippen LogP contribution < -0.4 is 0 Å². The number of amides is 1. The van der Waals surface area contributed by atoms with Crippen molar-refractivity contribution >= 4 is 23.2 Å². The predicted octanol–water partition coefficient (Wildman–Crippen LogP) is 1.70. The number of nitrogens with zero attached hydrogens (tertiary/aromatic N) is 1. The van der Waals surface area contributed by atoms with Gasteiger partial charge in [0, 0.05) is 6.54 Å².